The van der Waals surface area contributed by atoms with E-state index in [1.54, 1.807) is 0 Å². The number of carboxylic acids is 1. The second kappa shape index (κ2) is 5.41. The smallest absolute Gasteiger partial charge is 0.328 e. The van der Waals surface area contributed by atoms with Crippen molar-refractivity contribution >= 4 is 5.97 Å². The molecule has 0 aromatic heterocycles. The molecule has 4 heteroatoms. The van der Waals surface area contributed by atoms with Crippen LogP contribution in [0.15, 0.2) is 24.5 Å². The monoisotopic (exact) mass is 170 g/mol. The van der Waals surface area contributed by atoms with Gasteiger partial charge < -0.3 is 10.2 Å². The van der Waals surface area contributed by atoms with Crippen LogP contribution in [0.3, 0.4) is 0 Å². The third-order valence-corrected chi connectivity index (χ3v) is 0.418. The quantitative estimate of drug-likeness (QED) is 0.277. The Morgan fingerprint density at radius 2 is 1.78 bits per heavy atom. The van der Waals surface area contributed by atoms with Crippen LogP contribution in [0.4, 0.5) is 0 Å². The molecule has 0 radical (unpaired) electrons. The van der Waals surface area contributed by atoms with Crippen LogP contribution >= 0.6 is 0 Å². The molecule has 3 nitrogen and oxygen atoms in total. The van der Waals surface area contributed by atoms with Crippen molar-refractivity contribution in [2.75, 3.05) is 0 Å². The minimum Gasteiger partial charge on any atom is -0.509 e. The largest absolute Gasteiger partial charge is 0.509 e. The Hall–Kier alpha value is -0.731. The molecule has 0 amide bonds. The molecule has 0 heterocycles. The molecule has 0 aliphatic rings. The predicted molar refractivity (Wildman–Crippen MR) is 28.5 cm³/mol. The van der Waals surface area contributed by atoms with Crippen LogP contribution in [0.25, 0.3) is 0 Å². The number of allylic oxidation sites excluding steroid dienone is 1. The molecule has 0 aliphatic carbocycles. The molecule has 0 bridgehead atoms. The van der Waals surface area contributed by atoms with E-state index >= 15 is 0 Å². The van der Waals surface area contributed by atoms with Gasteiger partial charge in [-0.3, -0.25) is 0 Å². The number of hydrogen-bond acceptors (Lipinski definition) is 2. The first-order chi connectivity index (χ1) is 3.63. The van der Waals surface area contributed by atoms with E-state index in [0.29, 0.717) is 0 Å². The van der Waals surface area contributed by atoms with Gasteiger partial charge in [-0.1, -0.05) is 6.58 Å². The Morgan fingerprint density at radius 3 is 1.89 bits per heavy atom. The van der Waals surface area contributed by atoms with Crippen molar-refractivity contribution < 1.29 is 32.1 Å². The van der Waals surface area contributed by atoms with Crippen molar-refractivity contribution in [2.45, 2.75) is 0 Å². The molecule has 0 saturated carbocycles. The second-order valence-corrected chi connectivity index (χ2v) is 1.16. The first kappa shape index (κ1) is 11.1. The molecular formula is C5H6FeO3. The Kier molecular flexibility index (Phi) is 6.68. The summed E-state index contributed by atoms with van der Waals surface area (Å²) in [4.78, 5) is 9.66. The summed E-state index contributed by atoms with van der Waals surface area (Å²) in [7, 11) is 0. The summed E-state index contributed by atoms with van der Waals surface area (Å²) < 4.78 is 0. The van der Waals surface area contributed by atoms with E-state index in [2.05, 4.69) is 6.58 Å². The number of hydrogen-bond donors (Lipinski definition) is 2. The van der Waals surface area contributed by atoms with E-state index in [4.69, 9.17) is 10.2 Å². The molecule has 0 spiro atoms. The molecule has 0 saturated heterocycles. The van der Waals surface area contributed by atoms with Gasteiger partial charge in [0.25, 0.3) is 0 Å². The van der Waals surface area contributed by atoms with Crippen molar-refractivity contribution in [3.63, 3.8) is 0 Å². The van der Waals surface area contributed by atoms with E-state index < -0.39 is 5.97 Å². The first-order valence-electron chi connectivity index (χ1n) is 1.92. The van der Waals surface area contributed by atoms with E-state index in [-0.39, 0.29) is 22.8 Å². The topological polar surface area (TPSA) is 57.5 Å². The molecule has 0 rings (SSSR count). The maximum Gasteiger partial charge on any atom is 0.328 e. The second-order valence-electron chi connectivity index (χ2n) is 1.16. The fraction of sp³-hybridized carbons (Fsp3) is 0. The van der Waals surface area contributed by atoms with E-state index in [9.17, 15) is 4.79 Å². The number of aliphatic hydroxyl groups is 1. The molecule has 0 fully saturated rings. The number of aliphatic hydroxyl groups excluding tert-OH is 1. The average Bonchev–Trinajstić information content (AvgIpc) is 1.61. The Bertz CT molecular complexity index is 123. The minimum atomic E-state index is -1.10. The van der Waals surface area contributed by atoms with Crippen molar-refractivity contribution in [1.82, 2.24) is 0 Å². The van der Waals surface area contributed by atoms with Crippen molar-refractivity contribution in [1.29, 1.82) is 0 Å². The maximum atomic E-state index is 9.66. The Labute approximate surface area is 63.2 Å². The Morgan fingerprint density at radius 1 is 1.33 bits per heavy atom. The number of rotatable bonds is 2. The van der Waals surface area contributed by atoms with Gasteiger partial charge in [-0.25, -0.2) is 4.79 Å². The van der Waals surface area contributed by atoms with E-state index in [0.717, 1.165) is 12.2 Å². The van der Waals surface area contributed by atoms with Gasteiger partial charge in [0.05, 0.1) is 0 Å². The molecule has 0 unspecified atom stereocenters. The fourth-order valence-electron chi connectivity index (χ4n) is 0.167. The maximum absolute atomic E-state index is 9.66. The van der Waals surface area contributed by atoms with Gasteiger partial charge >= 0.3 is 5.97 Å². The zero-order valence-electron chi connectivity index (χ0n) is 4.52. The normalized spacial score (nSPS) is 8.44. The van der Waals surface area contributed by atoms with Gasteiger partial charge in [0.15, 0.2) is 0 Å². The van der Waals surface area contributed by atoms with Crippen LogP contribution in [0, 0.1) is 0 Å². The van der Waals surface area contributed by atoms with Crippen LogP contribution < -0.4 is 0 Å². The van der Waals surface area contributed by atoms with Crippen LogP contribution in [0.2, 0.25) is 0 Å². The van der Waals surface area contributed by atoms with Crippen molar-refractivity contribution in [2.24, 2.45) is 0 Å². The SMILES string of the molecule is C=C(O)/C=C\C(=O)O.[Fe]. The van der Waals surface area contributed by atoms with Gasteiger partial charge in [-0.2, -0.15) is 0 Å². The zero-order chi connectivity index (χ0) is 6.57. The van der Waals surface area contributed by atoms with Crippen LogP contribution in [-0.2, 0) is 21.9 Å². The van der Waals surface area contributed by atoms with Gasteiger partial charge in [-0.05, 0) is 6.08 Å². The third kappa shape index (κ3) is 11.1. The van der Waals surface area contributed by atoms with Crippen LogP contribution in [-0.4, -0.2) is 16.2 Å². The summed E-state index contributed by atoms with van der Waals surface area (Å²) in [5, 5.41) is 16.2. The average molecular weight is 170 g/mol. The van der Waals surface area contributed by atoms with Crippen molar-refractivity contribution in [3.05, 3.63) is 24.5 Å². The zero-order valence-corrected chi connectivity index (χ0v) is 5.62. The molecule has 0 aromatic carbocycles. The summed E-state index contributed by atoms with van der Waals surface area (Å²) in [6.45, 7) is 3.03. The Balaban J connectivity index is 0. The number of carboxylic acid groups (broad SMARTS) is 1. The fourth-order valence-corrected chi connectivity index (χ4v) is 0.167. The van der Waals surface area contributed by atoms with E-state index in [1.807, 2.05) is 0 Å². The van der Waals surface area contributed by atoms with Crippen LogP contribution in [0.5, 0.6) is 0 Å². The molecule has 2 N–H and O–H groups in total. The van der Waals surface area contributed by atoms with Gasteiger partial charge in [0.2, 0.25) is 0 Å². The van der Waals surface area contributed by atoms with Gasteiger partial charge in [-0.15, -0.1) is 0 Å². The molecule has 0 atom stereocenters. The van der Waals surface area contributed by atoms with Gasteiger partial charge in [0.1, 0.15) is 5.76 Å². The van der Waals surface area contributed by atoms with Crippen LogP contribution in [0.1, 0.15) is 0 Å². The summed E-state index contributed by atoms with van der Waals surface area (Å²) >= 11 is 0. The number of carbonyl (C=O) groups is 1. The molecule has 52 valence electrons. The molecule has 0 aromatic rings. The number of aliphatic carboxylic acids is 1. The molecule has 0 aliphatic heterocycles. The summed E-state index contributed by atoms with van der Waals surface area (Å²) in [5.74, 6) is -1.35. The third-order valence-electron chi connectivity index (χ3n) is 0.418. The standard InChI is InChI=1S/C5H6O3.Fe/c1-4(6)2-3-5(7)8;/h2-3,6H,1H2,(H,7,8);/b3-2-;. The van der Waals surface area contributed by atoms with E-state index in [1.165, 1.54) is 0 Å². The van der Waals surface area contributed by atoms with Gasteiger partial charge in [0, 0.05) is 23.1 Å². The summed E-state index contributed by atoms with van der Waals surface area (Å²) in [6.07, 6.45) is 1.81. The summed E-state index contributed by atoms with van der Waals surface area (Å²) in [5.41, 5.74) is 0. The van der Waals surface area contributed by atoms with Crippen molar-refractivity contribution in [3.8, 4) is 0 Å². The predicted octanol–water partition coefficient (Wildman–Crippen LogP) is 0.696. The first-order valence-corrected chi connectivity index (χ1v) is 1.92. The minimum absolute atomic E-state index is 0. The summed E-state index contributed by atoms with van der Waals surface area (Å²) in [6, 6.07) is 0. The molecule has 9 heavy (non-hydrogen) atoms. The molecular weight excluding hydrogens is 164 g/mol.